The van der Waals surface area contributed by atoms with Crippen molar-refractivity contribution in [3.8, 4) is 0 Å². The van der Waals surface area contributed by atoms with E-state index in [0.29, 0.717) is 11.4 Å². The lowest BCUT2D eigenvalue weighted by atomic mass is 10.1. The summed E-state index contributed by atoms with van der Waals surface area (Å²) in [5.74, 6) is 0.267. The van der Waals surface area contributed by atoms with E-state index in [1.807, 2.05) is 17.7 Å². The van der Waals surface area contributed by atoms with Gasteiger partial charge in [-0.15, -0.1) is 0 Å². The molecule has 0 aliphatic carbocycles. The molecule has 16 heavy (non-hydrogen) atoms. The van der Waals surface area contributed by atoms with Crippen LogP contribution in [-0.4, -0.2) is 14.7 Å². The highest BCUT2D eigenvalue weighted by Gasteiger charge is 2.15. The number of nitrogens with zero attached hydrogens (tertiary/aromatic N) is 2. The van der Waals surface area contributed by atoms with Gasteiger partial charge in [0.2, 0.25) is 0 Å². The number of aliphatic hydroxyl groups excluding tert-OH is 1. The number of aryl methyl sites for hydroxylation is 1. The second kappa shape index (κ2) is 4.45. The van der Waals surface area contributed by atoms with Gasteiger partial charge in [-0.3, -0.25) is 0 Å². The SMILES string of the molecule is CCn1ccnc1C(O)c1ccc(F)cc1. The summed E-state index contributed by atoms with van der Waals surface area (Å²) in [6.45, 7) is 2.72. The number of imidazole rings is 1. The molecule has 0 aliphatic rings. The molecule has 1 heterocycles. The topological polar surface area (TPSA) is 38.0 Å². The molecular weight excluding hydrogens is 207 g/mol. The molecule has 1 aromatic heterocycles. The van der Waals surface area contributed by atoms with Crippen LogP contribution in [0.25, 0.3) is 0 Å². The fourth-order valence-electron chi connectivity index (χ4n) is 1.63. The van der Waals surface area contributed by atoms with Crippen LogP contribution in [0.5, 0.6) is 0 Å². The van der Waals surface area contributed by atoms with E-state index < -0.39 is 6.10 Å². The molecule has 0 radical (unpaired) electrons. The van der Waals surface area contributed by atoms with Crippen molar-refractivity contribution in [3.05, 3.63) is 53.9 Å². The van der Waals surface area contributed by atoms with Gasteiger partial charge in [-0.1, -0.05) is 12.1 Å². The average molecular weight is 220 g/mol. The maximum absolute atomic E-state index is 12.7. The van der Waals surface area contributed by atoms with Crippen LogP contribution in [0.4, 0.5) is 4.39 Å². The molecule has 4 heteroatoms. The number of aromatic nitrogens is 2. The zero-order chi connectivity index (χ0) is 11.5. The standard InChI is InChI=1S/C12H13FN2O/c1-2-15-8-7-14-12(15)11(16)9-3-5-10(13)6-4-9/h3-8,11,16H,2H2,1H3. The van der Waals surface area contributed by atoms with E-state index in [-0.39, 0.29) is 5.82 Å². The van der Waals surface area contributed by atoms with E-state index in [9.17, 15) is 9.50 Å². The molecule has 1 atom stereocenters. The van der Waals surface area contributed by atoms with Gasteiger partial charge in [0.15, 0.2) is 0 Å². The van der Waals surface area contributed by atoms with Crippen molar-refractivity contribution in [2.75, 3.05) is 0 Å². The normalized spacial score (nSPS) is 12.7. The zero-order valence-corrected chi connectivity index (χ0v) is 8.97. The van der Waals surface area contributed by atoms with Crippen LogP contribution in [-0.2, 0) is 6.54 Å². The van der Waals surface area contributed by atoms with Gasteiger partial charge < -0.3 is 9.67 Å². The average Bonchev–Trinajstić information content (AvgIpc) is 2.77. The molecule has 0 saturated heterocycles. The number of halogens is 1. The molecule has 1 N–H and O–H groups in total. The van der Waals surface area contributed by atoms with Crippen molar-refractivity contribution in [1.29, 1.82) is 0 Å². The van der Waals surface area contributed by atoms with E-state index in [4.69, 9.17) is 0 Å². The molecule has 0 bridgehead atoms. The van der Waals surface area contributed by atoms with Crippen LogP contribution in [0.2, 0.25) is 0 Å². The van der Waals surface area contributed by atoms with Gasteiger partial charge >= 0.3 is 0 Å². The van der Waals surface area contributed by atoms with Crippen molar-refractivity contribution in [3.63, 3.8) is 0 Å². The minimum absolute atomic E-state index is 0.310. The first-order chi connectivity index (χ1) is 7.72. The molecular formula is C12H13FN2O. The number of hydrogen-bond acceptors (Lipinski definition) is 2. The lowest BCUT2D eigenvalue weighted by Crippen LogP contribution is -2.08. The highest BCUT2D eigenvalue weighted by atomic mass is 19.1. The third-order valence-electron chi connectivity index (χ3n) is 2.52. The van der Waals surface area contributed by atoms with E-state index in [1.165, 1.54) is 12.1 Å². The summed E-state index contributed by atoms with van der Waals surface area (Å²) >= 11 is 0. The fraction of sp³-hybridized carbons (Fsp3) is 0.250. The Morgan fingerprint density at radius 3 is 2.69 bits per heavy atom. The van der Waals surface area contributed by atoms with Gasteiger partial charge in [-0.25, -0.2) is 9.37 Å². The molecule has 1 aromatic carbocycles. The van der Waals surface area contributed by atoms with Gasteiger partial charge in [-0.05, 0) is 24.6 Å². The largest absolute Gasteiger partial charge is 0.380 e. The Kier molecular flexibility index (Phi) is 3.01. The van der Waals surface area contributed by atoms with Crippen LogP contribution >= 0.6 is 0 Å². The molecule has 0 aliphatic heterocycles. The second-order valence-corrected chi connectivity index (χ2v) is 3.53. The predicted molar refractivity (Wildman–Crippen MR) is 58.4 cm³/mol. The Morgan fingerprint density at radius 1 is 1.38 bits per heavy atom. The zero-order valence-electron chi connectivity index (χ0n) is 8.97. The Hall–Kier alpha value is -1.68. The summed E-state index contributed by atoms with van der Waals surface area (Å²) in [7, 11) is 0. The molecule has 2 rings (SSSR count). The van der Waals surface area contributed by atoms with Gasteiger partial charge in [0.1, 0.15) is 17.7 Å². The van der Waals surface area contributed by atoms with Crippen molar-refractivity contribution in [1.82, 2.24) is 9.55 Å². The maximum atomic E-state index is 12.7. The summed E-state index contributed by atoms with van der Waals surface area (Å²) in [6, 6.07) is 5.79. The van der Waals surface area contributed by atoms with Crippen molar-refractivity contribution in [2.45, 2.75) is 19.6 Å². The molecule has 1 unspecified atom stereocenters. The first-order valence-corrected chi connectivity index (χ1v) is 5.17. The van der Waals surface area contributed by atoms with Crippen LogP contribution in [0.1, 0.15) is 24.4 Å². The smallest absolute Gasteiger partial charge is 0.142 e. The lowest BCUT2D eigenvalue weighted by molar-refractivity contribution is 0.204. The third kappa shape index (κ3) is 1.97. The molecule has 2 aromatic rings. The number of aliphatic hydroxyl groups is 1. The minimum Gasteiger partial charge on any atom is -0.380 e. The molecule has 0 saturated carbocycles. The summed E-state index contributed by atoms with van der Waals surface area (Å²) in [6.07, 6.45) is 2.64. The molecule has 0 spiro atoms. The van der Waals surface area contributed by atoms with Crippen LogP contribution in [0, 0.1) is 5.82 Å². The summed E-state index contributed by atoms with van der Waals surface area (Å²) in [5.41, 5.74) is 0.641. The molecule has 0 amide bonds. The maximum Gasteiger partial charge on any atom is 0.142 e. The van der Waals surface area contributed by atoms with E-state index >= 15 is 0 Å². The fourth-order valence-corrected chi connectivity index (χ4v) is 1.63. The molecule has 3 nitrogen and oxygen atoms in total. The van der Waals surface area contributed by atoms with E-state index in [2.05, 4.69) is 4.98 Å². The third-order valence-corrected chi connectivity index (χ3v) is 2.52. The minimum atomic E-state index is -0.810. The van der Waals surface area contributed by atoms with Crippen LogP contribution in [0.3, 0.4) is 0 Å². The monoisotopic (exact) mass is 220 g/mol. The highest BCUT2D eigenvalue weighted by Crippen LogP contribution is 2.20. The summed E-state index contributed by atoms with van der Waals surface area (Å²) < 4.78 is 14.6. The Bertz CT molecular complexity index is 464. The van der Waals surface area contributed by atoms with Crippen molar-refractivity contribution in [2.24, 2.45) is 0 Å². The summed E-state index contributed by atoms with van der Waals surface area (Å²) in [4.78, 5) is 4.10. The van der Waals surface area contributed by atoms with E-state index in [1.54, 1.807) is 18.3 Å². The van der Waals surface area contributed by atoms with Crippen LogP contribution in [0.15, 0.2) is 36.7 Å². The Balaban J connectivity index is 2.31. The Labute approximate surface area is 93.2 Å². The highest BCUT2D eigenvalue weighted by molar-refractivity contribution is 5.23. The Morgan fingerprint density at radius 2 is 2.06 bits per heavy atom. The number of hydrogen-bond donors (Lipinski definition) is 1. The first-order valence-electron chi connectivity index (χ1n) is 5.17. The number of rotatable bonds is 3. The summed E-state index contributed by atoms with van der Waals surface area (Å²) in [5, 5.41) is 10.1. The first kappa shape index (κ1) is 10.8. The van der Waals surface area contributed by atoms with Gasteiger partial charge in [0, 0.05) is 18.9 Å². The van der Waals surface area contributed by atoms with Gasteiger partial charge in [-0.2, -0.15) is 0 Å². The van der Waals surface area contributed by atoms with Crippen molar-refractivity contribution < 1.29 is 9.50 Å². The quantitative estimate of drug-likeness (QED) is 0.860. The molecule has 84 valence electrons. The number of benzene rings is 1. The van der Waals surface area contributed by atoms with Crippen molar-refractivity contribution >= 4 is 0 Å². The molecule has 0 fully saturated rings. The lowest BCUT2D eigenvalue weighted by Gasteiger charge is -2.12. The van der Waals surface area contributed by atoms with E-state index in [0.717, 1.165) is 6.54 Å². The van der Waals surface area contributed by atoms with Gasteiger partial charge in [0.05, 0.1) is 0 Å². The van der Waals surface area contributed by atoms with Gasteiger partial charge in [0.25, 0.3) is 0 Å². The predicted octanol–water partition coefficient (Wildman–Crippen LogP) is 2.12. The second-order valence-electron chi connectivity index (χ2n) is 3.53. The van der Waals surface area contributed by atoms with Crippen LogP contribution < -0.4 is 0 Å².